The molecule has 1 aromatic heterocycles. The Morgan fingerprint density at radius 2 is 1.88 bits per heavy atom. The number of para-hydroxylation sites is 1. The summed E-state index contributed by atoms with van der Waals surface area (Å²) in [5, 5.41) is 7.08. The van der Waals surface area contributed by atoms with Gasteiger partial charge < -0.3 is 4.74 Å². The van der Waals surface area contributed by atoms with Gasteiger partial charge in [0.1, 0.15) is 5.75 Å². The molecular formula is C20H21N3OS. The fraction of sp³-hybridized carbons (Fsp3) is 0.200. The summed E-state index contributed by atoms with van der Waals surface area (Å²) >= 11 is 1.53. The Morgan fingerprint density at radius 3 is 2.68 bits per heavy atom. The van der Waals surface area contributed by atoms with Crippen LogP contribution in [0.25, 0.3) is 11.3 Å². The molecule has 0 radical (unpaired) electrons. The molecule has 3 aromatic rings. The van der Waals surface area contributed by atoms with Gasteiger partial charge in [0.05, 0.1) is 18.5 Å². The number of aromatic nitrogens is 1. The van der Waals surface area contributed by atoms with Gasteiger partial charge in [-0.2, -0.15) is 5.10 Å². The first-order valence-electron chi connectivity index (χ1n) is 8.24. The Kier molecular flexibility index (Phi) is 5.80. The summed E-state index contributed by atoms with van der Waals surface area (Å²) in [4.78, 5) is 4.56. The van der Waals surface area contributed by atoms with Crippen molar-refractivity contribution in [2.45, 2.75) is 13.8 Å². The van der Waals surface area contributed by atoms with Crippen LogP contribution in [0.2, 0.25) is 0 Å². The molecule has 128 valence electrons. The molecule has 0 spiro atoms. The van der Waals surface area contributed by atoms with Crippen LogP contribution in [-0.2, 0) is 0 Å². The van der Waals surface area contributed by atoms with Crippen LogP contribution >= 0.6 is 11.3 Å². The summed E-state index contributed by atoms with van der Waals surface area (Å²) in [5.74, 6) is 1.32. The normalized spacial score (nSPS) is 11.2. The fourth-order valence-corrected chi connectivity index (χ4v) is 2.87. The number of anilines is 1. The molecule has 2 aromatic carbocycles. The van der Waals surface area contributed by atoms with E-state index in [2.05, 4.69) is 29.4 Å². The van der Waals surface area contributed by atoms with Gasteiger partial charge >= 0.3 is 0 Å². The number of hydrogen-bond donors (Lipinski definition) is 1. The molecule has 0 fully saturated rings. The van der Waals surface area contributed by atoms with Crippen LogP contribution in [-0.4, -0.2) is 17.8 Å². The molecule has 0 unspecified atom stereocenters. The highest BCUT2D eigenvalue weighted by Crippen LogP contribution is 2.24. The monoisotopic (exact) mass is 351 g/mol. The lowest BCUT2D eigenvalue weighted by atomic mass is 10.2. The largest absolute Gasteiger partial charge is 0.493 e. The van der Waals surface area contributed by atoms with Crippen molar-refractivity contribution in [1.29, 1.82) is 0 Å². The number of benzene rings is 2. The molecule has 1 heterocycles. The number of nitrogens with zero attached hydrogens (tertiary/aromatic N) is 2. The van der Waals surface area contributed by atoms with Gasteiger partial charge in [0.2, 0.25) is 5.13 Å². The van der Waals surface area contributed by atoms with Crippen LogP contribution in [0.5, 0.6) is 5.75 Å². The van der Waals surface area contributed by atoms with Crippen LogP contribution in [0, 0.1) is 5.92 Å². The van der Waals surface area contributed by atoms with Crippen molar-refractivity contribution in [3.63, 3.8) is 0 Å². The first kappa shape index (κ1) is 17.2. The average Bonchev–Trinajstić information content (AvgIpc) is 3.10. The highest BCUT2D eigenvalue weighted by molar-refractivity contribution is 7.14. The Labute approximate surface area is 152 Å². The van der Waals surface area contributed by atoms with Crippen molar-refractivity contribution < 1.29 is 4.74 Å². The number of hydrazone groups is 1. The molecule has 1 N–H and O–H groups in total. The number of ether oxygens (including phenoxy) is 1. The zero-order chi connectivity index (χ0) is 17.5. The predicted molar refractivity (Wildman–Crippen MR) is 106 cm³/mol. The molecular weight excluding hydrogens is 330 g/mol. The van der Waals surface area contributed by atoms with Gasteiger partial charge in [-0.15, -0.1) is 11.3 Å². The second kappa shape index (κ2) is 8.44. The second-order valence-corrected chi connectivity index (χ2v) is 6.87. The Bertz CT molecular complexity index is 828. The molecule has 0 bridgehead atoms. The zero-order valence-corrected chi connectivity index (χ0v) is 15.2. The summed E-state index contributed by atoms with van der Waals surface area (Å²) < 4.78 is 5.83. The van der Waals surface area contributed by atoms with Gasteiger partial charge in [0.25, 0.3) is 0 Å². The Hall–Kier alpha value is -2.66. The summed E-state index contributed by atoms with van der Waals surface area (Å²) in [6.07, 6.45) is 1.76. The lowest BCUT2D eigenvalue weighted by Gasteiger charge is -2.10. The number of rotatable bonds is 7. The van der Waals surface area contributed by atoms with Gasteiger partial charge in [-0.05, 0) is 18.1 Å². The minimum atomic E-state index is 0.481. The van der Waals surface area contributed by atoms with E-state index in [9.17, 15) is 0 Å². The Balaban J connectivity index is 1.65. The maximum absolute atomic E-state index is 5.83. The van der Waals surface area contributed by atoms with Crippen molar-refractivity contribution in [1.82, 2.24) is 4.98 Å². The standard InChI is InChI=1S/C20H21N3OS/c1-15(2)13-24-19-11-7-6-10-17(19)12-21-23-20-22-18(14-25-20)16-8-4-3-5-9-16/h3-12,14-15H,13H2,1-2H3,(H,22,23). The molecule has 5 heteroatoms. The number of nitrogens with one attached hydrogen (secondary N) is 1. The topological polar surface area (TPSA) is 46.5 Å². The third-order valence-electron chi connectivity index (χ3n) is 3.43. The van der Waals surface area contributed by atoms with Crippen molar-refractivity contribution >= 4 is 22.7 Å². The van der Waals surface area contributed by atoms with Gasteiger partial charge in [-0.1, -0.05) is 56.3 Å². The van der Waals surface area contributed by atoms with Crippen LogP contribution in [0.1, 0.15) is 19.4 Å². The van der Waals surface area contributed by atoms with E-state index in [0.29, 0.717) is 12.5 Å². The van der Waals surface area contributed by atoms with E-state index in [-0.39, 0.29) is 0 Å². The lowest BCUT2D eigenvalue weighted by molar-refractivity contribution is 0.271. The summed E-state index contributed by atoms with van der Waals surface area (Å²) in [6.45, 7) is 4.95. The molecule has 4 nitrogen and oxygen atoms in total. The third-order valence-corrected chi connectivity index (χ3v) is 4.18. The summed E-state index contributed by atoms with van der Waals surface area (Å²) in [7, 11) is 0. The highest BCUT2D eigenvalue weighted by atomic mass is 32.1. The maximum atomic E-state index is 5.83. The maximum Gasteiger partial charge on any atom is 0.203 e. The van der Waals surface area contributed by atoms with Gasteiger partial charge in [-0.3, -0.25) is 5.43 Å². The SMILES string of the molecule is CC(C)COc1ccccc1C=NNc1nc(-c2ccccc2)cs1. The zero-order valence-electron chi connectivity index (χ0n) is 14.3. The minimum Gasteiger partial charge on any atom is -0.493 e. The van der Waals surface area contributed by atoms with Crippen LogP contribution < -0.4 is 10.2 Å². The van der Waals surface area contributed by atoms with E-state index in [4.69, 9.17) is 4.74 Å². The fourth-order valence-electron chi connectivity index (χ4n) is 2.20. The third kappa shape index (κ3) is 4.90. The molecule has 0 aliphatic carbocycles. The molecule has 0 saturated heterocycles. The minimum absolute atomic E-state index is 0.481. The molecule has 0 aliphatic heterocycles. The molecule has 3 rings (SSSR count). The van der Waals surface area contributed by atoms with E-state index in [1.54, 1.807) is 6.21 Å². The van der Waals surface area contributed by atoms with Crippen LogP contribution in [0.3, 0.4) is 0 Å². The van der Waals surface area contributed by atoms with Gasteiger partial charge in [0, 0.05) is 16.5 Å². The molecule has 25 heavy (non-hydrogen) atoms. The van der Waals surface area contributed by atoms with Crippen molar-refractivity contribution in [2.75, 3.05) is 12.0 Å². The lowest BCUT2D eigenvalue weighted by Crippen LogP contribution is -2.06. The first-order chi connectivity index (χ1) is 12.2. The van der Waals surface area contributed by atoms with E-state index in [0.717, 1.165) is 27.7 Å². The average molecular weight is 351 g/mol. The van der Waals surface area contributed by atoms with E-state index in [1.807, 2.05) is 60.0 Å². The predicted octanol–water partition coefficient (Wildman–Crippen LogP) is 5.29. The van der Waals surface area contributed by atoms with Gasteiger partial charge in [0.15, 0.2) is 0 Å². The van der Waals surface area contributed by atoms with E-state index in [1.165, 1.54) is 11.3 Å². The molecule has 0 atom stereocenters. The molecule has 0 saturated carbocycles. The molecule has 0 aliphatic rings. The van der Waals surface area contributed by atoms with Crippen molar-refractivity contribution in [3.05, 3.63) is 65.5 Å². The van der Waals surface area contributed by atoms with Crippen molar-refractivity contribution in [3.8, 4) is 17.0 Å². The van der Waals surface area contributed by atoms with Gasteiger partial charge in [-0.25, -0.2) is 4.98 Å². The van der Waals surface area contributed by atoms with Crippen LogP contribution in [0.15, 0.2) is 65.1 Å². The Morgan fingerprint density at radius 1 is 1.12 bits per heavy atom. The number of hydrogen-bond acceptors (Lipinski definition) is 5. The van der Waals surface area contributed by atoms with Crippen LogP contribution in [0.4, 0.5) is 5.13 Å². The van der Waals surface area contributed by atoms with E-state index < -0.39 is 0 Å². The second-order valence-electron chi connectivity index (χ2n) is 6.02. The molecule has 0 amide bonds. The highest BCUT2D eigenvalue weighted by Gasteiger charge is 2.04. The van der Waals surface area contributed by atoms with E-state index >= 15 is 0 Å². The first-order valence-corrected chi connectivity index (χ1v) is 9.12. The van der Waals surface area contributed by atoms with Crippen molar-refractivity contribution in [2.24, 2.45) is 11.0 Å². The quantitative estimate of drug-likeness (QED) is 0.465. The number of thiazole rings is 1. The summed E-state index contributed by atoms with van der Waals surface area (Å²) in [6, 6.07) is 18.0. The summed E-state index contributed by atoms with van der Waals surface area (Å²) in [5.41, 5.74) is 5.99. The smallest absolute Gasteiger partial charge is 0.203 e.